The highest BCUT2D eigenvalue weighted by atomic mass is 16.1. The summed E-state index contributed by atoms with van der Waals surface area (Å²) in [5.74, 6) is -0.357. The van der Waals surface area contributed by atoms with Crippen LogP contribution in [0.25, 0.3) is 0 Å². The standard InChI is InChI=1S/C24H42N2O/c1-2-3-4-5-6-7-8-9-10-11-12-13-14-15-16-17-20-26-21-18-23(19-22-26)24(25)27/h18-19,21-22H,2-17,20H2,1H3,(H-,25,27)/p+1. The van der Waals surface area contributed by atoms with Crippen molar-refractivity contribution in [2.75, 3.05) is 0 Å². The summed E-state index contributed by atoms with van der Waals surface area (Å²) in [6.45, 7) is 3.31. The van der Waals surface area contributed by atoms with Crippen LogP contribution in [0.5, 0.6) is 0 Å². The van der Waals surface area contributed by atoms with Crippen LogP contribution >= 0.6 is 0 Å². The highest BCUT2D eigenvalue weighted by Gasteiger charge is 2.04. The number of nitrogens with two attached hydrogens (primary N) is 1. The summed E-state index contributed by atoms with van der Waals surface area (Å²) in [6, 6.07) is 3.60. The summed E-state index contributed by atoms with van der Waals surface area (Å²) in [5, 5.41) is 0. The number of pyridine rings is 1. The summed E-state index contributed by atoms with van der Waals surface area (Å²) in [5.41, 5.74) is 5.84. The van der Waals surface area contributed by atoms with E-state index in [1.165, 1.54) is 103 Å². The van der Waals surface area contributed by atoms with Crippen LogP contribution in [0.15, 0.2) is 24.5 Å². The summed E-state index contributed by atoms with van der Waals surface area (Å²) in [4.78, 5) is 11.0. The van der Waals surface area contributed by atoms with E-state index in [1.807, 2.05) is 12.4 Å². The van der Waals surface area contributed by atoms with Gasteiger partial charge in [0.15, 0.2) is 12.4 Å². The molecule has 3 nitrogen and oxygen atoms in total. The Morgan fingerprint density at radius 2 is 1.07 bits per heavy atom. The Labute approximate surface area is 167 Å². The van der Waals surface area contributed by atoms with Crippen molar-refractivity contribution in [2.45, 2.75) is 116 Å². The lowest BCUT2D eigenvalue weighted by Gasteiger charge is -2.03. The third kappa shape index (κ3) is 13.4. The molecular weight excluding hydrogens is 332 g/mol. The summed E-state index contributed by atoms with van der Waals surface area (Å²) in [7, 11) is 0. The van der Waals surface area contributed by atoms with Gasteiger partial charge in [0.25, 0.3) is 0 Å². The average molecular weight is 376 g/mol. The number of nitrogens with zero attached hydrogens (tertiary/aromatic N) is 1. The molecule has 0 saturated carbocycles. The molecule has 1 heterocycles. The Kier molecular flexibility index (Phi) is 14.7. The Morgan fingerprint density at radius 3 is 1.44 bits per heavy atom. The molecule has 3 heteroatoms. The van der Waals surface area contributed by atoms with Gasteiger partial charge in [-0.3, -0.25) is 4.79 Å². The van der Waals surface area contributed by atoms with Crippen molar-refractivity contribution in [2.24, 2.45) is 5.73 Å². The van der Waals surface area contributed by atoms with E-state index in [2.05, 4.69) is 11.5 Å². The van der Waals surface area contributed by atoms with Gasteiger partial charge in [0.05, 0.1) is 5.56 Å². The van der Waals surface area contributed by atoms with E-state index in [0.29, 0.717) is 5.56 Å². The zero-order chi connectivity index (χ0) is 19.6. The van der Waals surface area contributed by atoms with Crippen LogP contribution in [0.4, 0.5) is 0 Å². The topological polar surface area (TPSA) is 47.0 Å². The molecule has 1 rings (SSSR count). The van der Waals surface area contributed by atoms with Gasteiger partial charge in [-0.1, -0.05) is 96.8 Å². The zero-order valence-corrected chi connectivity index (χ0v) is 17.8. The van der Waals surface area contributed by atoms with Gasteiger partial charge in [0.2, 0.25) is 5.91 Å². The van der Waals surface area contributed by atoms with Crippen molar-refractivity contribution in [3.8, 4) is 0 Å². The maximum atomic E-state index is 11.0. The molecule has 2 N–H and O–H groups in total. The molecule has 0 radical (unpaired) electrons. The average Bonchev–Trinajstić information content (AvgIpc) is 2.68. The highest BCUT2D eigenvalue weighted by Crippen LogP contribution is 2.13. The molecule has 0 atom stereocenters. The molecule has 0 aliphatic heterocycles. The fourth-order valence-electron chi connectivity index (χ4n) is 3.61. The zero-order valence-electron chi connectivity index (χ0n) is 17.8. The number of carbonyl (C=O) groups excluding carboxylic acids is 1. The number of carbonyl (C=O) groups is 1. The molecule has 154 valence electrons. The number of primary amides is 1. The number of aryl methyl sites for hydroxylation is 1. The first kappa shape index (κ1) is 23.7. The number of hydrogen-bond donors (Lipinski definition) is 1. The number of aromatic nitrogens is 1. The number of amides is 1. The minimum Gasteiger partial charge on any atom is -0.366 e. The van der Waals surface area contributed by atoms with Crippen molar-refractivity contribution in [1.82, 2.24) is 0 Å². The molecule has 0 spiro atoms. The molecule has 1 aromatic rings. The van der Waals surface area contributed by atoms with Crippen molar-refractivity contribution in [3.63, 3.8) is 0 Å². The van der Waals surface area contributed by atoms with Crippen LogP contribution in [0.3, 0.4) is 0 Å². The lowest BCUT2D eigenvalue weighted by molar-refractivity contribution is -0.697. The maximum absolute atomic E-state index is 11.0. The van der Waals surface area contributed by atoms with Crippen molar-refractivity contribution < 1.29 is 9.36 Å². The third-order valence-electron chi connectivity index (χ3n) is 5.45. The fourth-order valence-corrected chi connectivity index (χ4v) is 3.61. The fraction of sp³-hybridized carbons (Fsp3) is 0.750. The summed E-state index contributed by atoms with van der Waals surface area (Å²) in [6.07, 6.45) is 26.3. The van der Waals surface area contributed by atoms with Gasteiger partial charge in [-0.2, -0.15) is 0 Å². The van der Waals surface area contributed by atoms with E-state index in [0.717, 1.165) is 6.54 Å². The predicted octanol–water partition coefficient (Wildman–Crippen LogP) is 6.33. The van der Waals surface area contributed by atoms with Crippen molar-refractivity contribution >= 4 is 5.91 Å². The first-order chi connectivity index (χ1) is 13.2. The van der Waals surface area contributed by atoms with E-state index in [-0.39, 0.29) is 5.91 Å². The van der Waals surface area contributed by atoms with Gasteiger partial charge in [-0.25, -0.2) is 4.57 Å². The summed E-state index contributed by atoms with van der Waals surface area (Å²) < 4.78 is 2.14. The molecule has 1 amide bonds. The normalized spacial score (nSPS) is 11.0. The van der Waals surface area contributed by atoms with Crippen LogP contribution in [0, 0.1) is 0 Å². The van der Waals surface area contributed by atoms with E-state index in [1.54, 1.807) is 12.1 Å². The second kappa shape index (κ2) is 16.8. The van der Waals surface area contributed by atoms with Crippen LogP contribution in [-0.2, 0) is 6.54 Å². The van der Waals surface area contributed by atoms with Gasteiger partial charge in [-0.05, 0) is 6.42 Å². The molecule has 0 aliphatic carbocycles. The number of unbranched alkanes of at least 4 members (excludes halogenated alkanes) is 15. The third-order valence-corrected chi connectivity index (χ3v) is 5.45. The molecule has 27 heavy (non-hydrogen) atoms. The second-order valence-electron chi connectivity index (χ2n) is 7.99. The minimum absolute atomic E-state index is 0.357. The molecule has 0 aromatic carbocycles. The van der Waals surface area contributed by atoms with Gasteiger partial charge >= 0.3 is 0 Å². The second-order valence-corrected chi connectivity index (χ2v) is 7.99. The van der Waals surface area contributed by atoms with Gasteiger partial charge in [0, 0.05) is 18.6 Å². The molecule has 0 aliphatic rings. The molecule has 1 aromatic heterocycles. The molecule has 0 bridgehead atoms. The largest absolute Gasteiger partial charge is 0.366 e. The molecule has 0 fully saturated rings. The van der Waals surface area contributed by atoms with Crippen LogP contribution in [0.1, 0.15) is 120 Å². The van der Waals surface area contributed by atoms with Crippen LogP contribution < -0.4 is 10.3 Å². The maximum Gasteiger partial charge on any atom is 0.249 e. The van der Waals surface area contributed by atoms with E-state index in [9.17, 15) is 4.79 Å². The predicted molar refractivity (Wildman–Crippen MR) is 115 cm³/mol. The van der Waals surface area contributed by atoms with Gasteiger partial charge < -0.3 is 5.73 Å². The number of rotatable bonds is 18. The van der Waals surface area contributed by atoms with Gasteiger partial charge in [0.1, 0.15) is 6.54 Å². The van der Waals surface area contributed by atoms with E-state index < -0.39 is 0 Å². The minimum atomic E-state index is -0.357. The van der Waals surface area contributed by atoms with E-state index in [4.69, 9.17) is 5.73 Å². The Balaban J connectivity index is 1.81. The summed E-state index contributed by atoms with van der Waals surface area (Å²) >= 11 is 0. The lowest BCUT2D eigenvalue weighted by atomic mass is 10.0. The molecule has 0 saturated heterocycles. The van der Waals surface area contributed by atoms with Gasteiger partial charge in [-0.15, -0.1) is 0 Å². The molecular formula is C24H43N2O+. The Morgan fingerprint density at radius 1 is 0.704 bits per heavy atom. The van der Waals surface area contributed by atoms with Crippen molar-refractivity contribution in [1.29, 1.82) is 0 Å². The Hall–Kier alpha value is -1.38. The van der Waals surface area contributed by atoms with Crippen LogP contribution in [-0.4, -0.2) is 5.91 Å². The first-order valence-electron chi connectivity index (χ1n) is 11.5. The van der Waals surface area contributed by atoms with Crippen LogP contribution in [0.2, 0.25) is 0 Å². The Bertz CT molecular complexity index is 470. The highest BCUT2D eigenvalue weighted by molar-refractivity contribution is 5.92. The lowest BCUT2D eigenvalue weighted by Crippen LogP contribution is -2.33. The smallest absolute Gasteiger partial charge is 0.249 e. The monoisotopic (exact) mass is 375 g/mol. The number of hydrogen-bond acceptors (Lipinski definition) is 1. The van der Waals surface area contributed by atoms with E-state index >= 15 is 0 Å². The quantitative estimate of drug-likeness (QED) is 0.236. The van der Waals surface area contributed by atoms with Crippen molar-refractivity contribution in [3.05, 3.63) is 30.1 Å². The first-order valence-corrected chi connectivity index (χ1v) is 11.5. The molecule has 0 unspecified atom stereocenters. The SMILES string of the molecule is CCCCCCCCCCCCCCCCCC[n+]1ccc(C(N)=O)cc1.